The lowest BCUT2D eigenvalue weighted by Gasteiger charge is -2.24. The normalized spacial score (nSPS) is 11.6. The molecule has 1 heterocycles. The first kappa shape index (κ1) is 9.88. The Balaban J connectivity index is 3.12. The average Bonchev–Trinajstić information content (AvgIpc) is 2.17. The summed E-state index contributed by atoms with van der Waals surface area (Å²) in [7, 11) is 2.98. The van der Waals surface area contributed by atoms with Crippen molar-refractivity contribution in [2.45, 2.75) is 12.7 Å². The molecular weight excluding hydrogens is 172 g/mol. The first-order valence-corrected chi connectivity index (χ1v) is 3.78. The van der Waals surface area contributed by atoms with Crippen LogP contribution in [0.1, 0.15) is 12.6 Å². The average molecular weight is 184 g/mol. The monoisotopic (exact) mass is 184 g/mol. The summed E-state index contributed by atoms with van der Waals surface area (Å²) in [6, 6.07) is 1.34. The Morgan fingerprint density at radius 1 is 1.46 bits per heavy atom. The van der Waals surface area contributed by atoms with Crippen molar-refractivity contribution in [3.8, 4) is 0 Å². The van der Waals surface area contributed by atoms with Crippen LogP contribution in [0.4, 0.5) is 0 Å². The Morgan fingerprint density at radius 2 is 2.08 bits per heavy atom. The summed E-state index contributed by atoms with van der Waals surface area (Å²) in [6.07, 6.45) is 1.31. The molecule has 1 rings (SSSR count). The van der Waals surface area contributed by atoms with Gasteiger partial charge in [0.05, 0.1) is 6.33 Å². The molecule has 0 aliphatic rings. The molecule has 0 spiro atoms. The fourth-order valence-electron chi connectivity index (χ4n) is 0.909. The van der Waals surface area contributed by atoms with Crippen molar-refractivity contribution >= 4 is 0 Å². The van der Waals surface area contributed by atoms with Gasteiger partial charge in [-0.3, -0.25) is 4.79 Å². The van der Waals surface area contributed by atoms with Gasteiger partial charge in [0.25, 0.3) is 5.56 Å². The molecule has 0 saturated heterocycles. The lowest BCUT2D eigenvalue weighted by molar-refractivity contribution is -0.204. The number of nitrogens with zero attached hydrogens (tertiary/aromatic N) is 1. The number of hydrogen-bond acceptors (Lipinski definition) is 4. The van der Waals surface area contributed by atoms with Crippen molar-refractivity contribution in [3.63, 3.8) is 0 Å². The third-order valence-electron chi connectivity index (χ3n) is 1.92. The van der Waals surface area contributed by atoms with Gasteiger partial charge in [0.1, 0.15) is 5.69 Å². The molecule has 0 aliphatic heterocycles. The van der Waals surface area contributed by atoms with Crippen LogP contribution in [0, 0.1) is 0 Å². The van der Waals surface area contributed by atoms with E-state index in [0.717, 1.165) is 0 Å². The van der Waals surface area contributed by atoms with Crippen molar-refractivity contribution in [3.05, 3.63) is 28.4 Å². The van der Waals surface area contributed by atoms with E-state index in [1.54, 1.807) is 6.92 Å². The standard InChI is InChI=1S/C8H12N2O3/c1-8(12-2,13-3)6-4-7(11)10-5-9-6/h4-5H,1-3H3,(H,9,10,11). The van der Waals surface area contributed by atoms with E-state index in [0.29, 0.717) is 5.69 Å². The van der Waals surface area contributed by atoms with Gasteiger partial charge in [-0.1, -0.05) is 0 Å². The zero-order valence-corrected chi connectivity index (χ0v) is 7.83. The highest BCUT2D eigenvalue weighted by molar-refractivity contribution is 5.05. The molecule has 0 saturated carbocycles. The number of ether oxygens (including phenoxy) is 2. The zero-order chi connectivity index (χ0) is 9.90. The molecule has 1 N–H and O–H groups in total. The molecule has 0 atom stereocenters. The minimum atomic E-state index is -0.964. The second-order valence-electron chi connectivity index (χ2n) is 2.65. The zero-order valence-electron chi connectivity index (χ0n) is 7.83. The third-order valence-corrected chi connectivity index (χ3v) is 1.92. The minimum absolute atomic E-state index is 0.231. The van der Waals surface area contributed by atoms with Gasteiger partial charge in [0.15, 0.2) is 0 Å². The number of aromatic nitrogens is 2. The maximum absolute atomic E-state index is 11.0. The van der Waals surface area contributed by atoms with E-state index in [1.807, 2.05) is 0 Å². The molecule has 0 fully saturated rings. The summed E-state index contributed by atoms with van der Waals surface area (Å²) in [5, 5.41) is 0. The number of rotatable bonds is 3. The topological polar surface area (TPSA) is 64.2 Å². The molecule has 0 unspecified atom stereocenters. The highest BCUT2D eigenvalue weighted by atomic mass is 16.7. The molecule has 72 valence electrons. The van der Waals surface area contributed by atoms with E-state index >= 15 is 0 Å². The van der Waals surface area contributed by atoms with Gasteiger partial charge in [0.2, 0.25) is 5.79 Å². The lowest BCUT2D eigenvalue weighted by Crippen LogP contribution is -2.29. The molecule has 0 radical (unpaired) electrons. The van der Waals surface area contributed by atoms with E-state index in [2.05, 4.69) is 9.97 Å². The second kappa shape index (κ2) is 3.68. The molecule has 5 heteroatoms. The van der Waals surface area contributed by atoms with Crippen LogP contribution >= 0.6 is 0 Å². The van der Waals surface area contributed by atoms with Crippen LogP contribution in [0.2, 0.25) is 0 Å². The molecule has 1 aromatic heterocycles. The van der Waals surface area contributed by atoms with E-state index in [4.69, 9.17) is 9.47 Å². The summed E-state index contributed by atoms with van der Waals surface area (Å²) in [5.41, 5.74) is 0.214. The highest BCUT2D eigenvalue weighted by Gasteiger charge is 2.27. The minimum Gasteiger partial charge on any atom is -0.348 e. The largest absolute Gasteiger partial charge is 0.348 e. The second-order valence-corrected chi connectivity index (χ2v) is 2.65. The Morgan fingerprint density at radius 3 is 2.54 bits per heavy atom. The van der Waals surface area contributed by atoms with Gasteiger partial charge >= 0.3 is 0 Å². The van der Waals surface area contributed by atoms with Crippen molar-refractivity contribution in [1.82, 2.24) is 9.97 Å². The Hall–Kier alpha value is -1.20. The Bertz CT molecular complexity index is 330. The smallest absolute Gasteiger partial charge is 0.251 e. The van der Waals surface area contributed by atoms with Gasteiger partial charge in [-0.05, 0) is 6.92 Å². The lowest BCUT2D eigenvalue weighted by atomic mass is 10.2. The number of nitrogens with one attached hydrogen (secondary N) is 1. The van der Waals surface area contributed by atoms with Gasteiger partial charge in [-0.2, -0.15) is 0 Å². The van der Waals surface area contributed by atoms with Gasteiger partial charge in [-0.25, -0.2) is 4.98 Å². The first-order chi connectivity index (χ1) is 6.12. The first-order valence-electron chi connectivity index (χ1n) is 3.78. The third kappa shape index (κ3) is 1.93. The summed E-state index contributed by atoms with van der Waals surface area (Å²) in [6.45, 7) is 1.69. The van der Waals surface area contributed by atoms with E-state index < -0.39 is 5.79 Å². The molecule has 5 nitrogen and oxygen atoms in total. The Kier molecular flexibility index (Phi) is 2.79. The summed E-state index contributed by atoms with van der Waals surface area (Å²) in [4.78, 5) is 17.3. The number of hydrogen-bond donors (Lipinski definition) is 1. The summed E-state index contributed by atoms with van der Waals surface area (Å²) < 4.78 is 10.2. The maximum Gasteiger partial charge on any atom is 0.251 e. The van der Waals surface area contributed by atoms with E-state index in [1.165, 1.54) is 26.6 Å². The quantitative estimate of drug-likeness (QED) is 0.683. The molecule has 13 heavy (non-hydrogen) atoms. The van der Waals surface area contributed by atoms with Crippen molar-refractivity contribution in [2.24, 2.45) is 0 Å². The Labute approximate surface area is 75.7 Å². The summed E-state index contributed by atoms with van der Waals surface area (Å²) >= 11 is 0. The molecule has 0 aliphatic carbocycles. The molecule has 0 bridgehead atoms. The van der Waals surface area contributed by atoms with Gasteiger partial charge in [0, 0.05) is 20.3 Å². The number of aromatic amines is 1. The maximum atomic E-state index is 11.0. The SMILES string of the molecule is COC(C)(OC)c1cc(=O)[nH]cn1. The summed E-state index contributed by atoms with van der Waals surface area (Å²) in [5.74, 6) is -0.964. The van der Waals surface area contributed by atoms with Crippen LogP contribution in [0.5, 0.6) is 0 Å². The van der Waals surface area contributed by atoms with Crippen LogP contribution in [-0.2, 0) is 15.3 Å². The molecule has 0 amide bonds. The van der Waals surface area contributed by atoms with Crippen LogP contribution in [-0.4, -0.2) is 24.2 Å². The van der Waals surface area contributed by atoms with E-state index in [9.17, 15) is 4.79 Å². The predicted octanol–water partition coefficient (Wildman–Crippen LogP) is 0.235. The number of methoxy groups -OCH3 is 2. The van der Waals surface area contributed by atoms with Crippen LogP contribution in [0.15, 0.2) is 17.2 Å². The molecular formula is C8H12N2O3. The van der Waals surface area contributed by atoms with E-state index in [-0.39, 0.29) is 5.56 Å². The fourth-order valence-corrected chi connectivity index (χ4v) is 0.909. The predicted molar refractivity (Wildman–Crippen MR) is 46.2 cm³/mol. The van der Waals surface area contributed by atoms with Crippen molar-refractivity contribution in [1.29, 1.82) is 0 Å². The number of H-pyrrole nitrogens is 1. The fraction of sp³-hybridized carbons (Fsp3) is 0.500. The van der Waals surface area contributed by atoms with Crippen molar-refractivity contribution < 1.29 is 9.47 Å². The van der Waals surface area contributed by atoms with Gasteiger partial charge < -0.3 is 14.5 Å². The van der Waals surface area contributed by atoms with Crippen LogP contribution < -0.4 is 5.56 Å². The van der Waals surface area contributed by atoms with Crippen LogP contribution in [0.25, 0.3) is 0 Å². The highest BCUT2D eigenvalue weighted by Crippen LogP contribution is 2.21. The van der Waals surface area contributed by atoms with Crippen molar-refractivity contribution in [2.75, 3.05) is 14.2 Å². The van der Waals surface area contributed by atoms with Gasteiger partial charge in [-0.15, -0.1) is 0 Å². The molecule has 0 aromatic carbocycles. The van der Waals surface area contributed by atoms with Crippen LogP contribution in [0.3, 0.4) is 0 Å². The molecule has 1 aromatic rings.